The number of carbonyl (C=O) groups is 2. The van der Waals surface area contributed by atoms with Gasteiger partial charge in [-0.1, -0.05) is 32.0 Å². The van der Waals surface area contributed by atoms with Crippen LogP contribution in [0.15, 0.2) is 48.5 Å². The van der Waals surface area contributed by atoms with Gasteiger partial charge < -0.3 is 10.6 Å². The lowest BCUT2D eigenvalue weighted by Gasteiger charge is -2.12. The van der Waals surface area contributed by atoms with E-state index in [0.717, 1.165) is 0 Å². The molecule has 0 saturated heterocycles. The summed E-state index contributed by atoms with van der Waals surface area (Å²) >= 11 is 0. The zero-order chi connectivity index (χ0) is 18.4. The predicted octanol–water partition coefficient (Wildman–Crippen LogP) is 3.23. The highest BCUT2D eigenvalue weighted by Crippen LogP contribution is 2.18. The third-order valence-corrected chi connectivity index (χ3v) is 3.41. The summed E-state index contributed by atoms with van der Waals surface area (Å²) < 4.78 is 0. The fourth-order valence-corrected chi connectivity index (χ4v) is 2.14. The third-order valence-electron chi connectivity index (χ3n) is 3.41. The van der Waals surface area contributed by atoms with Gasteiger partial charge in [-0.25, -0.2) is 0 Å². The van der Waals surface area contributed by atoms with E-state index in [9.17, 15) is 19.7 Å². The van der Waals surface area contributed by atoms with Crippen LogP contribution in [-0.2, 0) is 0 Å². The van der Waals surface area contributed by atoms with E-state index in [1.165, 1.54) is 24.3 Å². The van der Waals surface area contributed by atoms with Crippen molar-refractivity contribution < 1.29 is 14.5 Å². The molecule has 2 N–H and O–H groups in total. The number of nitro groups is 1. The van der Waals surface area contributed by atoms with Crippen molar-refractivity contribution in [1.82, 2.24) is 5.32 Å². The molecule has 0 radical (unpaired) electrons. The second-order valence-electron chi connectivity index (χ2n) is 5.91. The first-order valence-corrected chi connectivity index (χ1v) is 7.81. The summed E-state index contributed by atoms with van der Waals surface area (Å²) in [5.74, 6) is -0.507. The van der Waals surface area contributed by atoms with E-state index in [-0.39, 0.29) is 17.2 Å². The molecule has 0 bridgehead atoms. The summed E-state index contributed by atoms with van der Waals surface area (Å²) in [6.07, 6.45) is 0. The molecule has 0 spiro atoms. The van der Waals surface area contributed by atoms with E-state index >= 15 is 0 Å². The number of carbonyl (C=O) groups excluding carboxylic acids is 2. The molecule has 130 valence electrons. The van der Waals surface area contributed by atoms with Gasteiger partial charge in [0.05, 0.1) is 16.2 Å². The number of nitrogens with one attached hydrogen (secondary N) is 2. The molecule has 2 aromatic carbocycles. The first-order chi connectivity index (χ1) is 11.9. The number of benzene rings is 2. The van der Waals surface area contributed by atoms with Gasteiger partial charge in [0.15, 0.2) is 0 Å². The van der Waals surface area contributed by atoms with Gasteiger partial charge in [0.25, 0.3) is 17.5 Å². The minimum Gasteiger partial charge on any atom is -0.352 e. The van der Waals surface area contributed by atoms with Crippen LogP contribution in [0.2, 0.25) is 0 Å². The van der Waals surface area contributed by atoms with E-state index in [1.807, 2.05) is 13.8 Å². The second-order valence-corrected chi connectivity index (χ2v) is 5.91. The number of rotatable bonds is 6. The van der Waals surface area contributed by atoms with E-state index in [1.54, 1.807) is 24.3 Å². The number of anilines is 1. The molecule has 7 nitrogen and oxygen atoms in total. The molecule has 0 aromatic heterocycles. The summed E-state index contributed by atoms with van der Waals surface area (Å²) in [6, 6.07) is 12.0. The Balaban J connectivity index is 2.20. The molecular weight excluding hydrogens is 322 g/mol. The van der Waals surface area contributed by atoms with Gasteiger partial charge >= 0.3 is 0 Å². The molecule has 0 aliphatic rings. The predicted molar refractivity (Wildman–Crippen MR) is 94.7 cm³/mol. The Kier molecular flexibility index (Phi) is 5.84. The van der Waals surface area contributed by atoms with Crippen LogP contribution < -0.4 is 10.6 Å². The molecule has 2 aromatic rings. The van der Waals surface area contributed by atoms with E-state index in [4.69, 9.17) is 0 Å². The van der Waals surface area contributed by atoms with Gasteiger partial charge in [0.1, 0.15) is 0 Å². The van der Waals surface area contributed by atoms with Crippen molar-refractivity contribution in [2.45, 2.75) is 13.8 Å². The van der Waals surface area contributed by atoms with Crippen molar-refractivity contribution in [3.63, 3.8) is 0 Å². The molecule has 0 aliphatic heterocycles. The first kappa shape index (κ1) is 18.1. The molecule has 2 rings (SSSR count). The highest BCUT2D eigenvalue weighted by atomic mass is 16.6. The highest BCUT2D eigenvalue weighted by molar-refractivity contribution is 6.09. The van der Waals surface area contributed by atoms with E-state index in [0.29, 0.717) is 23.7 Å². The topological polar surface area (TPSA) is 101 Å². The standard InChI is InChI=1S/C18H19N3O4/c1-12(2)11-19-18(23)15-8-3-4-9-16(15)20-17(22)13-6-5-7-14(10-13)21(24)25/h3-10,12H,11H2,1-2H3,(H,19,23)(H,20,22). The van der Waals surface area contributed by atoms with Crippen LogP contribution in [0.4, 0.5) is 11.4 Å². The number of hydrogen-bond donors (Lipinski definition) is 2. The fourth-order valence-electron chi connectivity index (χ4n) is 2.14. The molecule has 0 saturated carbocycles. The maximum atomic E-state index is 12.4. The number of non-ortho nitro benzene ring substituents is 1. The van der Waals surface area contributed by atoms with Crippen molar-refractivity contribution in [3.05, 3.63) is 69.8 Å². The smallest absolute Gasteiger partial charge is 0.270 e. The van der Waals surface area contributed by atoms with Crippen LogP contribution in [0.3, 0.4) is 0 Å². The summed E-state index contributed by atoms with van der Waals surface area (Å²) in [4.78, 5) is 34.9. The van der Waals surface area contributed by atoms with Crippen LogP contribution in [0.5, 0.6) is 0 Å². The van der Waals surface area contributed by atoms with E-state index < -0.39 is 10.8 Å². The fraction of sp³-hybridized carbons (Fsp3) is 0.222. The average molecular weight is 341 g/mol. The molecule has 2 amide bonds. The lowest BCUT2D eigenvalue weighted by molar-refractivity contribution is -0.384. The Labute approximate surface area is 145 Å². The summed E-state index contributed by atoms with van der Waals surface area (Å²) in [5, 5.41) is 16.3. The minimum absolute atomic E-state index is 0.145. The van der Waals surface area contributed by atoms with Crippen molar-refractivity contribution in [1.29, 1.82) is 0 Å². The Morgan fingerprint density at radius 1 is 1.08 bits per heavy atom. The van der Waals surface area contributed by atoms with Crippen LogP contribution in [0.1, 0.15) is 34.6 Å². The Hall–Kier alpha value is -3.22. The molecule has 0 aliphatic carbocycles. The van der Waals surface area contributed by atoms with Gasteiger partial charge in [-0.3, -0.25) is 19.7 Å². The molecule has 25 heavy (non-hydrogen) atoms. The molecular formula is C18H19N3O4. The summed E-state index contributed by atoms with van der Waals surface area (Å²) in [7, 11) is 0. The molecule has 0 heterocycles. The normalized spacial score (nSPS) is 10.4. The minimum atomic E-state index is -0.565. The SMILES string of the molecule is CC(C)CNC(=O)c1ccccc1NC(=O)c1cccc([N+](=O)[O-])c1. The van der Waals surface area contributed by atoms with Gasteiger partial charge in [0, 0.05) is 24.2 Å². The van der Waals surface area contributed by atoms with Gasteiger partial charge in [0.2, 0.25) is 0 Å². The lowest BCUT2D eigenvalue weighted by Crippen LogP contribution is -2.28. The Bertz CT molecular complexity index is 802. The molecule has 0 unspecified atom stereocenters. The molecule has 7 heteroatoms. The maximum Gasteiger partial charge on any atom is 0.270 e. The van der Waals surface area contributed by atoms with Crippen LogP contribution >= 0.6 is 0 Å². The van der Waals surface area contributed by atoms with Gasteiger partial charge in [-0.2, -0.15) is 0 Å². The Morgan fingerprint density at radius 3 is 2.48 bits per heavy atom. The maximum absolute atomic E-state index is 12.4. The van der Waals surface area contributed by atoms with E-state index in [2.05, 4.69) is 10.6 Å². The van der Waals surface area contributed by atoms with Crippen molar-refractivity contribution >= 4 is 23.2 Å². The number of nitrogens with zero attached hydrogens (tertiary/aromatic N) is 1. The molecule has 0 atom stereocenters. The Morgan fingerprint density at radius 2 is 1.80 bits per heavy atom. The summed E-state index contributed by atoms with van der Waals surface area (Å²) in [6.45, 7) is 4.48. The monoisotopic (exact) mass is 341 g/mol. The highest BCUT2D eigenvalue weighted by Gasteiger charge is 2.16. The average Bonchev–Trinajstić information content (AvgIpc) is 2.60. The van der Waals surface area contributed by atoms with Crippen LogP contribution in [0.25, 0.3) is 0 Å². The number of para-hydroxylation sites is 1. The summed E-state index contributed by atoms with van der Waals surface area (Å²) in [5.41, 5.74) is 0.657. The number of hydrogen-bond acceptors (Lipinski definition) is 4. The van der Waals surface area contributed by atoms with Crippen molar-refractivity contribution in [2.24, 2.45) is 5.92 Å². The van der Waals surface area contributed by atoms with Gasteiger partial charge in [-0.15, -0.1) is 0 Å². The zero-order valence-corrected chi connectivity index (χ0v) is 14.0. The van der Waals surface area contributed by atoms with Crippen LogP contribution in [-0.4, -0.2) is 23.3 Å². The number of nitro benzene ring substituents is 1. The zero-order valence-electron chi connectivity index (χ0n) is 14.0. The van der Waals surface area contributed by atoms with Crippen molar-refractivity contribution in [2.75, 3.05) is 11.9 Å². The molecule has 0 fully saturated rings. The van der Waals surface area contributed by atoms with Crippen LogP contribution in [0, 0.1) is 16.0 Å². The number of amides is 2. The quantitative estimate of drug-likeness (QED) is 0.622. The van der Waals surface area contributed by atoms with Gasteiger partial charge in [-0.05, 0) is 24.1 Å². The largest absolute Gasteiger partial charge is 0.352 e. The lowest BCUT2D eigenvalue weighted by atomic mass is 10.1. The first-order valence-electron chi connectivity index (χ1n) is 7.81. The van der Waals surface area contributed by atoms with Crippen molar-refractivity contribution in [3.8, 4) is 0 Å². The third kappa shape index (κ3) is 4.87. The second kappa shape index (κ2) is 8.05.